The van der Waals surface area contributed by atoms with E-state index in [1.165, 1.54) is 32.0 Å². The Hall–Kier alpha value is -3.16. The number of anilines is 1. The molecule has 0 aliphatic heterocycles. The number of ether oxygens (including phenoxy) is 3. The van der Waals surface area contributed by atoms with Gasteiger partial charge in [0.2, 0.25) is 5.75 Å². The van der Waals surface area contributed by atoms with E-state index in [0.717, 1.165) is 0 Å². The molecule has 0 bridgehead atoms. The smallest absolute Gasteiger partial charge is 0.263 e. The van der Waals surface area contributed by atoms with Gasteiger partial charge in [-0.15, -0.1) is 0 Å². The van der Waals surface area contributed by atoms with Gasteiger partial charge in [0.1, 0.15) is 5.56 Å². The lowest BCUT2D eigenvalue weighted by Gasteiger charge is -2.15. The van der Waals surface area contributed by atoms with Crippen molar-refractivity contribution in [1.29, 1.82) is 0 Å². The number of halogens is 2. The third kappa shape index (κ3) is 4.95. The third-order valence-electron chi connectivity index (χ3n) is 4.54. The number of methoxy groups -OCH3 is 3. The summed E-state index contributed by atoms with van der Waals surface area (Å²) in [5, 5.41) is 3.63. The van der Waals surface area contributed by atoms with Crippen molar-refractivity contribution in [3.8, 4) is 17.2 Å². The van der Waals surface area contributed by atoms with Gasteiger partial charge in [0, 0.05) is 34.1 Å². The summed E-state index contributed by atoms with van der Waals surface area (Å²) < 4.78 is 17.3. The summed E-state index contributed by atoms with van der Waals surface area (Å²) in [5.74, 6) is 0.570. The number of nitrogens with one attached hydrogen (secondary N) is 1. The van der Waals surface area contributed by atoms with Crippen molar-refractivity contribution in [3.63, 3.8) is 0 Å². The number of hydrogen-bond acceptors (Lipinski definition) is 5. The first-order chi connectivity index (χ1) is 14.9. The minimum Gasteiger partial charge on any atom is -0.493 e. The van der Waals surface area contributed by atoms with E-state index in [1.807, 2.05) is 0 Å². The van der Waals surface area contributed by atoms with Crippen molar-refractivity contribution in [2.24, 2.45) is 0 Å². The van der Waals surface area contributed by atoms with Crippen LogP contribution in [0.2, 0.25) is 10.0 Å². The molecule has 162 valence electrons. The monoisotopic (exact) mass is 462 g/mol. The van der Waals surface area contributed by atoms with Crippen molar-refractivity contribution in [2.45, 2.75) is 6.54 Å². The molecule has 31 heavy (non-hydrogen) atoms. The molecule has 1 aromatic heterocycles. The highest BCUT2D eigenvalue weighted by molar-refractivity contribution is 6.35. The Bertz CT molecular complexity index is 1150. The molecule has 0 aliphatic rings. The average molecular weight is 463 g/mol. The van der Waals surface area contributed by atoms with E-state index in [0.29, 0.717) is 38.5 Å². The second-order valence-corrected chi connectivity index (χ2v) is 7.30. The van der Waals surface area contributed by atoms with E-state index in [2.05, 4.69) is 5.32 Å². The molecule has 1 N–H and O–H groups in total. The average Bonchev–Trinajstić information content (AvgIpc) is 2.76. The van der Waals surface area contributed by atoms with Gasteiger partial charge < -0.3 is 24.1 Å². The van der Waals surface area contributed by atoms with Gasteiger partial charge in [-0.05, 0) is 29.8 Å². The molecular weight excluding hydrogens is 443 g/mol. The molecule has 0 spiro atoms. The highest BCUT2D eigenvalue weighted by Crippen LogP contribution is 2.40. The standard InChI is InChI=1S/C22H20Cl2N2O5/c1-29-18-10-15(11-19(30-2)20(18)31-3)25-21(27)16-5-4-8-26(22(16)28)12-13-6-7-14(23)9-17(13)24/h4-11H,12H2,1-3H3,(H,25,27). The molecule has 1 amide bonds. The van der Waals surface area contributed by atoms with Crippen molar-refractivity contribution < 1.29 is 19.0 Å². The van der Waals surface area contributed by atoms with Gasteiger partial charge >= 0.3 is 0 Å². The van der Waals surface area contributed by atoms with Crippen LogP contribution in [-0.2, 0) is 6.54 Å². The lowest BCUT2D eigenvalue weighted by Crippen LogP contribution is -2.29. The maximum Gasteiger partial charge on any atom is 0.263 e. The van der Waals surface area contributed by atoms with Crippen molar-refractivity contribution in [1.82, 2.24) is 4.57 Å². The summed E-state index contributed by atoms with van der Waals surface area (Å²) >= 11 is 12.1. The lowest BCUT2D eigenvalue weighted by molar-refractivity contribution is 0.102. The molecule has 0 fully saturated rings. The van der Waals surface area contributed by atoms with Crippen molar-refractivity contribution in [3.05, 3.63) is 80.2 Å². The number of benzene rings is 2. The van der Waals surface area contributed by atoms with Crippen LogP contribution in [0, 0.1) is 0 Å². The fourth-order valence-electron chi connectivity index (χ4n) is 3.02. The first-order valence-corrected chi connectivity index (χ1v) is 9.88. The van der Waals surface area contributed by atoms with Crippen LogP contribution in [0.4, 0.5) is 5.69 Å². The number of pyridine rings is 1. The molecule has 3 aromatic rings. The predicted molar refractivity (Wildman–Crippen MR) is 120 cm³/mol. The lowest BCUT2D eigenvalue weighted by atomic mass is 10.2. The summed E-state index contributed by atoms with van der Waals surface area (Å²) in [4.78, 5) is 25.7. The van der Waals surface area contributed by atoms with E-state index in [1.54, 1.807) is 42.6 Å². The topological polar surface area (TPSA) is 78.8 Å². The number of hydrogen-bond donors (Lipinski definition) is 1. The molecule has 0 saturated heterocycles. The highest BCUT2D eigenvalue weighted by atomic mass is 35.5. The SMILES string of the molecule is COc1cc(NC(=O)c2cccn(Cc3ccc(Cl)cc3Cl)c2=O)cc(OC)c1OC. The molecule has 0 radical (unpaired) electrons. The minimum absolute atomic E-state index is 0.0265. The molecule has 0 aliphatic carbocycles. The Kier molecular flexibility index (Phi) is 7.09. The second kappa shape index (κ2) is 9.76. The summed E-state index contributed by atoms with van der Waals surface area (Å²) in [6.45, 7) is 0.195. The number of rotatable bonds is 7. The van der Waals surface area contributed by atoms with Crippen molar-refractivity contribution in [2.75, 3.05) is 26.6 Å². The first kappa shape index (κ1) is 22.5. The molecule has 2 aromatic carbocycles. The van der Waals surface area contributed by atoms with Crippen LogP contribution < -0.4 is 25.1 Å². The van der Waals surface area contributed by atoms with Crippen LogP contribution in [0.15, 0.2) is 53.5 Å². The Labute approximate surface area is 189 Å². The van der Waals surface area contributed by atoms with Gasteiger partial charge in [-0.3, -0.25) is 9.59 Å². The van der Waals surface area contributed by atoms with E-state index in [-0.39, 0.29) is 12.1 Å². The largest absolute Gasteiger partial charge is 0.493 e. The Morgan fingerprint density at radius 3 is 2.26 bits per heavy atom. The third-order valence-corrected chi connectivity index (χ3v) is 5.13. The fourth-order valence-corrected chi connectivity index (χ4v) is 3.49. The zero-order valence-electron chi connectivity index (χ0n) is 17.1. The Morgan fingerprint density at radius 1 is 1.00 bits per heavy atom. The van der Waals surface area contributed by atoms with Gasteiger partial charge in [-0.25, -0.2) is 0 Å². The molecule has 1 heterocycles. The van der Waals surface area contributed by atoms with Crippen LogP contribution in [0.25, 0.3) is 0 Å². The van der Waals surface area contributed by atoms with E-state index >= 15 is 0 Å². The van der Waals surface area contributed by atoms with Crippen molar-refractivity contribution >= 4 is 34.8 Å². The zero-order valence-corrected chi connectivity index (χ0v) is 18.6. The van der Waals surface area contributed by atoms with Crippen LogP contribution >= 0.6 is 23.2 Å². The number of nitrogens with zero attached hydrogens (tertiary/aromatic N) is 1. The van der Waals surface area contributed by atoms with Gasteiger partial charge in [-0.1, -0.05) is 29.3 Å². The molecule has 9 heteroatoms. The van der Waals surface area contributed by atoms with E-state index < -0.39 is 11.5 Å². The van der Waals surface area contributed by atoms with Crippen LogP contribution in [0.5, 0.6) is 17.2 Å². The molecule has 3 rings (SSSR count). The Balaban J connectivity index is 1.89. The maximum atomic E-state index is 12.9. The van der Waals surface area contributed by atoms with Crippen LogP contribution in [-0.4, -0.2) is 31.8 Å². The summed E-state index contributed by atoms with van der Waals surface area (Å²) in [6.07, 6.45) is 1.59. The summed E-state index contributed by atoms with van der Waals surface area (Å²) in [7, 11) is 4.43. The Morgan fingerprint density at radius 2 is 1.68 bits per heavy atom. The normalized spacial score (nSPS) is 10.5. The van der Waals surface area contributed by atoms with Crippen LogP contribution in [0.1, 0.15) is 15.9 Å². The number of carbonyl (C=O) groups is 1. The number of aromatic nitrogens is 1. The number of carbonyl (C=O) groups excluding carboxylic acids is 1. The second-order valence-electron chi connectivity index (χ2n) is 6.46. The summed E-state index contributed by atoms with van der Waals surface area (Å²) in [6, 6.07) is 11.3. The maximum absolute atomic E-state index is 12.9. The summed E-state index contributed by atoms with van der Waals surface area (Å²) in [5.41, 5.74) is 0.602. The molecule has 0 saturated carbocycles. The van der Waals surface area contributed by atoms with Gasteiger partial charge in [0.25, 0.3) is 11.5 Å². The fraction of sp³-hybridized carbons (Fsp3) is 0.182. The molecule has 0 atom stereocenters. The molecule has 7 nitrogen and oxygen atoms in total. The van der Waals surface area contributed by atoms with E-state index in [9.17, 15) is 9.59 Å². The van der Waals surface area contributed by atoms with E-state index in [4.69, 9.17) is 37.4 Å². The number of amides is 1. The highest BCUT2D eigenvalue weighted by Gasteiger charge is 2.17. The van der Waals surface area contributed by atoms with Gasteiger partial charge in [-0.2, -0.15) is 0 Å². The minimum atomic E-state index is -0.573. The van der Waals surface area contributed by atoms with Crippen LogP contribution in [0.3, 0.4) is 0 Å². The predicted octanol–water partition coefficient (Wildman–Crippen LogP) is 4.48. The quantitative estimate of drug-likeness (QED) is 0.559. The first-order valence-electron chi connectivity index (χ1n) is 9.12. The zero-order chi connectivity index (χ0) is 22.5. The molecular formula is C22H20Cl2N2O5. The molecule has 0 unspecified atom stereocenters. The van der Waals surface area contributed by atoms with Gasteiger partial charge in [0.05, 0.1) is 27.9 Å². The van der Waals surface area contributed by atoms with Gasteiger partial charge in [0.15, 0.2) is 11.5 Å².